The van der Waals surface area contributed by atoms with Crippen molar-refractivity contribution < 1.29 is 0 Å². The first-order valence-corrected chi connectivity index (χ1v) is 15.6. The predicted molar refractivity (Wildman–Crippen MR) is 160 cm³/mol. The van der Waals surface area contributed by atoms with Crippen LogP contribution < -0.4 is 10.2 Å². The molecule has 0 radical (unpaired) electrons. The first-order chi connectivity index (χ1) is 19.1. The fourth-order valence-electron chi connectivity index (χ4n) is 6.83. The summed E-state index contributed by atoms with van der Waals surface area (Å²) in [4.78, 5) is 2.66. The van der Waals surface area contributed by atoms with Crippen molar-refractivity contribution in [2.24, 2.45) is 5.92 Å². The Morgan fingerprint density at radius 2 is 1.90 bits per heavy atom. The average Bonchev–Trinajstić information content (AvgIpc) is 3.52. The summed E-state index contributed by atoms with van der Waals surface area (Å²) < 4.78 is 0. The molecule has 0 aliphatic carbocycles. The van der Waals surface area contributed by atoms with E-state index in [2.05, 4.69) is 94.1 Å². The minimum Gasteiger partial charge on any atom is -0.371 e. The van der Waals surface area contributed by atoms with E-state index in [4.69, 9.17) is 0 Å². The lowest BCUT2D eigenvalue weighted by atomic mass is 9.74. The summed E-state index contributed by atoms with van der Waals surface area (Å²) in [7, 11) is 0. The third-order valence-corrected chi connectivity index (χ3v) is 9.23. The molecule has 3 aromatic rings. The van der Waals surface area contributed by atoms with Crippen molar-refractivity contribution in [2.45, 2.75) is 103 Å². The molecule has 2 aliphatic heterocycles. The highest BCUT2D eigenvalue weighted by molar-refractivity contribution is 5.57. The van der Waals surface area contributed by atoms with Gasteiger partial charge in [-0.3, -0.25) is 0 Å². The van der Waals surface area contributed by atoms with Gasteiger partial charge >= 0.3 is 0 Å². The Kier molecular flexibility index (Phi) is 9.67. The minimum atomic E-state index is 0.289. The molecule has 0 spiro atoms. The van der Waals surface area contributed by atoms with Gasteiger partial charge in [-0.15, -0.1) is 10.2 Å². The molecule has 0 amide bonds. The van der Waals surface area contributed by atoms with E-state index in [0.29, 0.717) is 17.9 Å². The number of hydrogen-bond donors (Lipinski definition) is 2. The Hall–Kier alpha value is -2.73. The Labute approximate surface area is 235 Å². The lowest BCUT2D eigenvalue weighted by Gasteiger charge is -2.38. The summed E-state index contributed by atoms with van der Waals surface area (Å²) in [6.07, 6.45) is 12.1. The van der Waals surface area contributed by atoms with Crippen molar-refractivity contribution in [2.75, 3.05) is 24.5 Å². The van der Waals surface area contributed by atoms with Crippen LogP contribution >= 0.6 is 0 Å². The fraction of sp³-hybridized carbons (Fsp3) is 0.606. The molecule has 1 aromatic heterocycles. The molecule has 2 N–H and O–H groups in total. The molecule has 1 fully saturated rings. The molecule has 2 aliphatic rings. The van der Waals surface area contributed by atoms with E-state index in [1.54, 1.807) is 5.56 Å². The highest BCUT2D eigenvalue weighted by atomic mass is 15.5. The number of rotatable bonds is 12. The van der Waals surface area contributed by atoms with Gasteiger partial charge < -0.3 is 10.2 Å². The SMILES string of the molecule is CCCCCN1CCCc2ccc(CC[C@H]3CN[C@@H](CC(C)c4nn[nH]n4)C[C@@H]3c3ccc(CC)cc3)cc21. The summed E-state index contributed by atoms with van der Waals surface area (Å²) >= 11 is 0. The number of anilines is 1. The second-order valence-corrected chi connectivity index (χ2v) is 12.0. The number of aromatic amines is 1. The van der Waals surface area contributed by atoms with Crippen LogP contribution in [0.3, 0.4) is 0 Å². The van der Waals surface area contributed by atoms with E-state index in [0.717, 1.165) is 38.1 Å². The third-order valence-electron chi connectivity index (χ3n) is 9.23. The van der Waals surface area contributed by atoms with Crippen LogP contribution in [0.5, 0.6) is 0 Å². The number of nitrogens with one attached hydrogen (secondary N) is 2. The molecule has 210 valence electrons. The van der Waals surface area contributed by atoms with Crippen molar-refractivity contribution >= 4 is 5.69 Å². The smallest absolute Gasteiger partial charge is 0.177 e. The van der Waals surface area contributed by atoms with Crippen molar-refractivity contribution in [1.29, 1.82) is 0 Å². The number of piperidine rings is 1. The number of benzene rings is 2. The average molecular weight is 529 g/mol. The number of unbranched alkanes of at least 4 members (excludes halogenated alkanes) is 2. The van der Waals surface area contributed by atoms with Gasteiger partial charge in [-0.25, -0.2) is 0 Å². The van der Waals surface area contributed by atoms with Crippen molar-refractivity contribution in [1.82, 2.24) is 25.9 Å². The normalized spacial score (nSPS) is 22.0. The van der Waals surface area contributed by atoms with Gasteiger partial charge in [-0.1, -0.05) is 75.2 Å². The number of nitrogens with zero attached hydrogens (tertiary/aromatic N) is 4. The lowest BCUT2D eigenvalue weighted by Crippen LogP contribution is -2.43. The molecule has 0 saturated carbocycles. The molecule has 6 heteroatoms. The molecule has 1 unspecified atom stereocenters. The summed E-state index contributed by atoms with van der Waals surface area (Å²) in [5, 5.41) is 18.8. The maximum atomic E-state index is 4.23. The van der Waals surface area contributed by atoms with Gasteiger partial charge in [-0.2, -0.15) is 5.21 Å². The number of aromatic nitrogens is 4. The summed E-state index contributed by atoms with van der Waals surface area (Å²) in [6.45, 7) is 10.2. The monoisotopic (exact) mass is 528 g/mol. The summed E-state index contributed by atoms with van der Waals surface area (Å²) in [5.41, 5.74) is 7.49. The third kappa shape index (κ3) is 7.08. The van der Waals surface area contributed by atoms with Gasteiger partial charge in [0.05, 0.1) is 0 Å². The molecule has 6 nitrogen and oxygen atoms in total. The zero-order valence-corrected chi connectivity index (χ0v) is 24.3. The van der Waals surface area contributed by atoms with Crippen LogP contribution in [0, 0.1) is 5.92 Å². The topological polar surface area (TPSA) is 69.7 Å². The van der Waals surface area contributed by atoms with E-state index in [-0.39, 0.29) is 5.92 Å². The van der Waals surface area contributed by atoms with Gasteiger partial charge in [-0.05, 0) is 98.1 Å². The second kappa shape index (κ2) is 13.6. The number of hydrogen-bond acceptors (Lipinski definition) is 5. The van der Waals surface area contributed by atoms with Gasteiger partial charge in [0, 0.05) is 30.7 Å². The van der Waals surface area contributed by atoms with Crippen LogP contribution in [-0.4, -0.2) is 46.3 Å². The maximum absolute atomic E-state index is 4.23. The molecular formula is C33H48N6. The molecule has 2 aromatic carbocycles. The van der Waals surface area contributed by atoms with Crippen LogP contribution in [0.4, 0.5) is 5.69 Å². The van der Waals surface area contributed by atoms with E-state index >= 15 is 0 Å². The summed E-state index contributed by atoms with van der Waals surface area (Å²) in [5.74, 6) is 2.31. The van der Waals surface area contributed by atoms with Gasteiger partial charge in [0.1, 0.15) is 0 Å². The molecule has 39 heavy (non-hydrogen) atoms. The number of fused-ring (bicyclic) bond motifs is 1. The molecule has 4 atom stereocenters. The van der Waals surface area contributed by atoms with Crippen molar-refractivity contribution in [3.05, 3.63) is 70.5 Å². The first-order valence-electron chi connectivity index (χ1n) is 15.6. The van der Waals surface area contributed by atoms with Crippen LogP contribution in [0.2, 0.25) is 0 Å². The Balaban J connectivity index is 1.27. The van der Waals surface area contributed by atoms with Crippen LogP contribution in [0.15, 0.2) is 42.5 Å². The van der Waals surface area contributed by atoms with Crippen LogP contribution in [0.25, 0.3) is 0 Å². The van der Waals surface area contributed by atoms with Gasteiger partial charge in [0.2, 0.25) is 0 Å². The van der Waals surface area contributed by atoms with E-state index < -0.39 is 0 Å². The van der Waals surface area contributed by atoms with Gasteiger partial charge in [0.25, 0.3) is 0 Å². The Bertz CT molecular complexity index is 1140. The zero-order chi connectivity index (χ0) is 27.0. The predicted octanol–water partition coefficient (Wildman–Crippen LogP) is 6.59. The lowest BCUT2D eigenvalue weighted by molar-refractivity contribution is 0.242. The molecule has 0 bridgehead atoms. The maximum Gasteiger partial charge on any atom is 0.177 e. The standard InChI is InChI=1S/C33H48N6/c1-4-6-7-18-39-19-8-9-28-16-12-26(21-32(28)39)13-17-29-23-34-30(20-24(3)33-35-37-38-36-33)22-31(29)27-14-10-25(5-2)11-15-27/h10-12,14-16,21,24,29-31,34H,4-9,13,17-20,22-23H2,1-3H3,(H,35,36,37,38)/t24?,29-,30-,31+/m0/s1. The molecular weight excluding hydrogens is 480 g/mol. The van der Waals surface area contributed by atoms with Crippen molar-refractivity contribution in [3.8, 4) is 0 Å². The Morgan fingerprint density at radius 1 is 1.05 bits per heavy atom. The fourth-order valence-corrected chi connectivity index (χ4v) is 6.83. The number of tetrazole rings is 1. The van der Waals surface area contributed by atoms with Crippen LogP contribution in [-0.2, 0) is 19.3 Å². The highest BCUT2D eigenvalue weighted by Gasteiger charge is 2.32. The zero-order valence-electron chi connectivity index (χ0n) is 24.3. The van der Waals surface area contributed by atoms with Crippen molar-refractivity contribution in [3.63, 3.8) is 0 Å². The highest BCUT2D eigenvalue weighted by Crippen LogP contribution is 2.38. The van der Waals surface area contributed by atoms with Gasteiger partial charge in [0.15, 0.2) is 5.82 Å². The first kappa shape index (κ1) is 27.8. The molecule has 5 rings (SSSR count). The van der Waals surface area contributed by atoms with E-state index in [1.807, 2.05) is 0 Å². The second-order valence-electron chi connectivity index (χ2n) is 12.0. The van der Waals surface area contributed by atoms with E-state index in [1.165, 1.54) is 74.0 Å². The Morgan fingerprint density at radius 3 is 2.67 bits per heavy atom. The number of aryl methyl sites for hydroxylation is 3. The number of H-pyrrole nitrogens is 1. The molecule has 3 heterocycles. The van der Waals surface area contributed by atoms with Crippen LogP contribution in [0.1, 0.15) is 106 Å². The molecule has 1 saturated heterocycles. The van der Waals surface area contributed by atoms with E-state index in [9.17, 15) is 0 Å². The quantitative estimate of drug-likeness (QED) is 0.259. The largest absolute Gasteiger partial charge is 0.371 e. The summed E-state index contributed by atoms with van der Waals surface area (Å²) in [6, 6.07) is 17.3. The minimum absolute atomic E-state index is 0.289.